The van der Waals surface area contributed by atoms with E-state index < -0.39 is 4.92 Å². The van der Waals surface area contributed by atoms with Gasteiger partial charge in [-0.05, 0) is 29.9 Å². The third-order valence-electron chi connectivity index (χ3n) is 3.48. The lowest BCUT2D eigenvalue weighted by molar-refractivity contribution is -0.384. The van der Waals surface area contributed by atoms with Gasteiger partial charge in [0.1, 0.15) is 11.4 Å². The minimum absolute atomic E-state index is 0.175. The minimum Gasteiger partial charge on any atom is -0.496 e. The molecule has 0 fully saturated rings. The number of nitrogens with zero attached hydrogens (tertiary/aromatic N) is 1. The van der Waals surface area contributed by atoms with E-state index in [0.29, 0.717) is 18.6 Å². The Labute approximate surface area is 150 Å². The molecular formula is C18H20N2O4S. The lowest BCUT2D eigenvalue weighted by Crippen LogP contribution is -2.12. The molecule has 0 aliphatic heterocycles. The molecule has 0 heterocycles. The number of thioether (sulfide) groups is 1. The van der Waals surface area contributed by atoms with E-state index in [1.807, 2.05) is 18.2 Å². The van der Waals surface area contributed by atoms with Crippen LogP contribution in [-0.2, 0) is 10.5 Å². The van der Waals surface area contributed by atoms with Gasteiger partial charge in [-0.15, -0.1) is 0 Å². The Bertz CT molecular complexity index is 722. The summed E-state index contributed by atoms with van der Waals surface area (Å²) in [5, 5.41) is 13.7. The average molecular weight is 360 g/mol. The molecule has 0 aliphatic rings. The molecule has 0 spiro atoms. The van der Waals surface area contributed by atoms with Gasteiger partial charge in [0.15, 0.2) is 0 Å². The highest BCUT2D eigenvalue weighted by Gasteiger charge is 2.17. The van der Waals surface area contributed by atoms with Crippen molar-refractivity contribution < 1.29 is 14.5 Å². The zero-order chi connectivity index (χ0) is 18.1. The van der Waals surface area contributed by atoms with Gasteiger partial charge in [0.25, 0.3) is 5.69 Å². The topological polar surface area (TPSA) is 81.5 Å². The number of hydrogen-bond acceptors (Lipinski definition) is 5. The zero-order valence-corrected chi connectivity index (χ0v) is 14.8. The Morgan fingerprint density at radius 3 is 2.68 bits per heavy atom. The largest absolute Gasteiger partial charge is 0.496 e. The van der Waals surface area contributed by atoms with E-state index >= 15 is 0 Å². The van der Waals surface area contributed by atoms with Gasteiger partial charge >= 0.3 is 0 Å². The van der Waals surface area contributed by atoms with Crippen LogP contribution < -0.4 is 10.1 Å². The third-order valence-corrected chi connectivity index (χ3v) is 4.59. The van der Waals surface area contributed by atoms with Gasteiger partial charge in [-0.3, -0.25) is 14.9 Å². The van der Waals surface area contributed by atoms with Crippen LogP contribution in [0, 0.1) is 10.1 Å². The van der Waals surface area contributed by atoms with E-state index in [9.17, 15) is 14.9 Å². The van der Waals surface area contributed by atoms with E-state index in [0.717, 1.165) is 11.5 Å². The number of nitro groups is 1. The Hall–Kier alpha value is -2.54. The van der Waals surface area contributed by atoms with Crippen molar-refractivity contribution in [2.24, 2.45) is 0 Å². The van der Waals surface area contributed by atoms with Gasteiger partial charge in [0.2, 0.25) is 5.91 Å². The van der Waals surface area contributed by atoms with E-state index in [4.69, 9.17) is 4.74 Å². The number of rotatable bonds is 9. The molecule has 25 heavy (non-hydrogen) atoms. The van der Waals surface area contributed by atoms with Crippen molar-refractivity contribution in [2.45, 2.75) is 18.6 Å². The number of carbonyl (C=O) groups excluding carboxylic acids is 1. The number of methoxy groups -OCH3 is 1. The van der Waals surface area contributed by atoms with Crippen LogP contribution in [0.15, 0.2) is 48.5 Å². The number of nitro benzene ring substituents is 1. The smallest absolute Gasteiger partial charge is 0.296 e. The first-order valence-corrected chi connectivity index (χ1v) is 8.99. The summed E-state index contributed by atoms with van der Waals surface area (Å²) in [6.45, 7) is 0. The van der Waals surface area contributed by atoms with Crippen molar-refractivity contribution in [3.63, 3.8) is 0 Å². The monoisotopic (exact) mass is 360 g/mol. The first-order chi connectivity index (χ1) is 12.1. The number of anilines is 1. The van der Waals surface area contributed by atoms with Crippen LogP contribution >= 0.6 is 11.8 Å². The van der Waals surface area contributed by atoms with Gasteiger partial charge in [-0.1, -0.05) is 30.3 Å². The lowest BCUT2D eigenvalue weighted by atomic mass is 10.2. The minimum atomic E-state index is -0.534. The summed E-state index contributed by atoms with van der Waals surface area (Å²) in [5.74, 6) is 1.91. The molecular weight excluding hydrogens is 340 g/mol. The quantitative estimate of drug-likeness (QED) is 0.410. The summed E-state index contributed by atoms with van der Waals surface area (Å²) in [5.41, 5.74) is 1.27. The molecule has 0 radical (unpaired) electrons. The maximum absolute atomic E-state index is 12.0. The molecule has 6 nitrogen and oxygen atoms in total. The lowest BCUT2D eigenvalue weighted by Gasteiger charge is -2.07. The maximum Gasteiger partial charge on any atom is 0.296 e. The van der Waals surface area contributed by atoms with Crippen molar-refractivity contribution in [3.8, 4) is 5.75 Å². The molecule has 0 aromatic heterocycles. The fourth-order valence-electron chi connectivity index (χ4n) is 2.21. The van der Waals surface area contributed by atoms with Gasteiger partial charge in [-0.25, -0.2) is 0 Å². The Morgan fingerprint density at radius 1 is 1.24 bits per heavy atom. The highest BCUT2D eigenvalue weighted by molar-refractivity contribution is 7.98. The van der Waals surface area contributed by atoms with Crippen molar-refractivity contribution in [3.05, 3.63) is 64.2 Å². The van der Waals surface area contributed by atoms with Crippen LogP contribution in [-0.4, -0.2) is 23.7 Å². The second kappa shape index (κ2) is 9.68. The predicted molar refractivity (Wildman–Crippen MR) is 100 cm³/mol. The Balaban J connectivity index is 1.77. The number of amides is 1. The summed E-state index contributed by atoms with van der Waals surface area (Å²) in [4.78, 5) is 22.6. The maximum atomic E-state index is 12.0. The molecule has 0 unspecified atom stereocenters. The normalized spacial score (nSPS) is 10.3. The van der Waals surface area contributed by atoms with Crippen LogP contribution in [0.5, 0.6) is 5.75 Å². The zero-order valence-electron chi connectivity index (χ0n) is 13.9. The number of nitrogens with one attached hydrogen (secondary N) is 1. The Kier molecular flexibility index (Phi) is 7.28. The highest BCUT2D eigenvalue weighted by Crippen LogP contribution is 2.29. The number of hydrogen-bond donors (Lipinski definition) is 1. The highest BCUT2D eigenvalue weighted by atomic mass is 32.2. The van der Waals surface area contributed by atoms with Crippen LogP contribution in [0.25, 0.3) is 0 Å². The standard InChI is InChI=1S/C18H20N2O4S/c1-24-15-9-10-16(17(12-15)20(22)23)19-18(21)8-5-11-25-13-14-6-3-2-4-7-14/h2-4,6-7,9-10,12H,5,8,11,13H2,1H3,(H,19,21). The summed E-state index contributed by atoms with van der Waals surface area (Å²) in [7, 11) is 1.43. The van der Waals surface area contributed by atoms with Crippen LogP contribution in [0.3, 0.4) is 0 Å². The number of carbonyl (C=O) groups is 1. The first kappa shape index (κ1) is 18.8. The predicted octanol–water partition coefficient (Wildman–Crippen LogP) is 4.26. The summed E-state index contributed by atoms with van der Waals surface area (Å²) in [6.07, 6.45) is 1.04. The van der Waals surface area contributed by atoms with Crippen molar-refractivity contribution >= 4 is 29.0 Å². The summed E-state index contributed by atoms with van der Waals surface area (Å²) < 4.78 is 4.97. The van der Waals surface area contributed by atoms with Gasteiger partial charge in [0.05, 0.1) is 18.1 Å². The molecule has 2 aromatic carbocycles. The molecule has 0 saturated heterocycles. The molecule has 0 atom stereocenters. The van der Waals surface area contributed by atoms with E-state index in [2.05, 4.69) is 17.4 Å². The van der Waals surface area contributed by atoms with Crippen molar-refractivity contribution in [1.82, 2.24) is 0 Å². The number of ether oxygens (including phenoxy) is 1. The van der Waals surface area contributed by atoms with Crippen LogP contribution in [0.4, 0.5) is 11.4 Å². The molecule has 1 N–H and O–H groups in total. The van der Waals surface area contributed by atoms with Crippen LogP contribution in [0.1, 0.15) is 18.4 Å². The summed E-state index contributed by atoms with van der Waals surface area (Å²) >= 11 is 1.76. The number of benzene rings is 2. The SMILES string of the molecule is COc1ccc(NC(=O)CCCSCc2ccccc2)c([N+](=O)[O-])c1. The van der Waals surface area contributed by atoms with E-state index in [1.165, 1.54) is 24.8 Å². The molecule has 0 saturated carbocycles. The molecule has 2 rings (SSSR count). The van der Waals surface area contributed by atoms with Crippen molar-refractivity contribution in [2.75, 3.05) is 18.2 Å². The van der Waals surface area contributed by atoms with Crippen molar-refractivity contribution in [1.29, 1.82) is 0 Å². The average Bonchev–Trinajstić information content (AvgIpc) is 2.62. The molecule has 1 amide bonds. The van der Waals surface area contributed by atoms with Gasteiger partial charge in [-0.2, -0.15) is 11.8 Å². The first-order valence-electron chi connectivity index (χ1n) is 7.84. The summed E-state index contributed by atoms with van der Waals surface area (Å²) in [6, 6.07) is 14.5. The fourth-order valence-corrected chi connectivity index (χ4v) is 3.13. The second-order valence-electron chi connectivity index (χ2n) is 5.33. The molecule has 0 bridgehead atoms. The fraction of sp³-hybridized carbons (Fsp3) is 0.278. The van der Waals surface area contributed by atoms with Gasteiger partial charge < -0.3 is 10.1 Å². The second-order valence-corrected chi connectivity index (χ2v) is 6.44. The molecule has 7 heteroatoms. The third kappa shape index (κ3) is 6.11. The van der Waals surface area contributed by atoms with E-state index in [-0.39, 0.29) is 17.3 Å². The van der Waals surface area contributed by atoms with E-state index in [1.54, 1.807) is 17.8 Å². The Morgan fingerprint density at radius 2 is 2.00 bits per heavy atom. The molecule has 132 valence electrons. The molecule has 0 aliphatic carbocycles. The van der Waals surface area contributed by atoms with Crippen LogP contribution in [0.2, 0.25) is 0 Å². The van der Waals surface area contributed by atoms with Gasteiger partial charge in [0, 0.05) is 12.2 Å². The molecule has 2 aromatic rings.